The van der Waals surface area contributed by atoms with Gasteiger partial charge in [-0.15, -0.1) is 0 Å². The van der Waals surface area contributed by atoms with Gasteiger partial charge in [0.15, 0.2) is 0 Å². The summed E-state index contributed by atoms with van der Waals surface area (Å²) in [5.41, 5.74) is 2.65. The van der Waals surface area contributed by atoms with Gasteiger partial charge >= 0.3 is 0 Å². The van der Waals surface area contributed by atoms with Crippen LogP contribution >= 0.6 is 0 Å². The summed E-state index contributed by atoms with van der Waals surface area (Å²) in [6, 6.07) is 12.3. The van der Waals surface area contributed by atoms with Crippen molar-refractivity contribution in [3.05, 3.63) is 70.3 Å². The van der Waals surface area contributed by atoms with E-state index in [1.807, 2.05) is 0 Å². The van der Waals surface area contributed by atoms with Crippen molar-refractivity contribution in [2.24, 2.45) is 5.10 Å². The van der Waals surface area contributed by atoms with Gasteiger partial charge in [0.25, 0.3) is 11.5 Å². The monoisotopic (exact) mass is 392 g/mol. The number of amides is 1. The third-order valence-corrected chi connectivity index (χ3v) is 4.66. The fourth-order valence-corrected chi connectivity index (χ4v) is 3.18. The van der Waals surface area contributed by atoms with Crippen LogP contribution in [-0.2, 0) is 6.54 Å². The molecule has 29 heavy (non-hydrogen) atoms. The van der Waals surface area contributed by atoms with Gasteiger partial charge in [0.2, 0.25) is 0 Å². The zero-order valence-electron chi connectivity index (χ0n) is 16.3. The van der Waals surface area contributed by atoms with Crippen molar-refractivity contribution in [3.63, 3.8) is 0 Å². The smallest absolute Gasteiger partial charge is 0.280 e. The van der Waals surface area contributed by atoms with Crippen molar-refractivity contribution in [2.45, 2.75) is 39.2 Å². The SMILES string of the molecule is CCCCCCn1c(=O)c(C(=O)N/N=C\c2ccccn2)c(O)c2ccccc21. The molecule has 0 aliphatic carbocycles. The molecule has 2 heterocycles. The van der Waals surface area contributed by atoms with Gasteiger partial charge in [0.1, 0.15) is 11.3 Å². The quantitative estimate of drug-likeness (QED) is 0.349. The van der Waals surface area contributed by atoms with Gasteiger partial charge in [-0.05, 0) is 30.7 Å². The van der Waals surface area contributed by atoms with E-state index in [-0.39, 0.29) is 11.3 Å². The Bertz CT molecular complexity index is 1070. The van der Waals surface area contributed by atoms with Gasteiger partial charge in [-0.2, -0.15) is 5.10 Å². The molecular formula is C22H24N4O3. The number of nitrogens with one attached hydrogen (secondary N) is 1. The number of fused-ring (bicyclic) bond motifs is 1. The summed E-state index contributed by atoms with van der Waals surface area (Å²) in [7, 11) is 0. The van der Waals surface area contributed by atoms with Gasteiger partial charge in [-0.3, -0.25) is 14.6 Å². The normalized spacial score (nSPS) is 11.2. The minimum atomic E-state index is -0.757. The lowest BCUT2D eigenvalue weighted by Gasteiger charge is -2.14. The van der Waals surface area contributed by atoms with Crippen LogP contribution in [0.3, 0.4) is 0 Å². The zero-order valence-corrected chi connectivity index (χ0v) is 16.3. The predicted molar refractivity (Wildman–Crippen MR) is 113 cm³/mol. The molecule has 1 aromatic carbocycles. The number of carbonyl (C=O) groups is 1. The molecule has 0 atom stereocenters. The Labute approximate surface area is 168 Å². The maximum atomic E-state index is 13.0. The number of aryl methyl sites for hydroxylation is 1. The molecule has 0 spiro atoms. The molecule has 3 rings (SSSR count). The average Bonchev–Trinajstić information content (AvgIpc) is 2.74. The van der Waals surface area contributed by atoms with E-state index < -0.39 is 11.5 Å². The van der Waals surface area contributed by atoms with Crippen molar-refractivity contribution in [1.29, 1.82) is 0 Å². The molecule has 0 fully saturated rings. The van der Waals surface area contributed by atoms with E-state index in [9.17, 15) is 14.7 Å². The molecule has 2 aromatic heterocycles. The van der Waals surface area contributed by atoms with Crippen LogP contribution in [0.4, 0.5) is 0 Å². The number of nitrogens with zero attached hydrogens (tertiary/aromatic N) is 3. The van der Waals surface area contributed by atoms with Gasteiger partial charge in [-0.1, -0.05) is 44.4 Å². The van der Waals surface area contributed by atoms with E-state index in [2.05, 4.69) is 22.4 Å². The molecule has 1 amide bonds. The Balaban J connectivity index is 1.93. The van der Waals surface area contributed by atoms with Crippen molar-refractivity contribution in [2.75, 3.05) is 0 Å². The number of aromatic nitrogens is 2. The highest BCUT2D eigenvalue weighted by molar-refractivity contribution is 6.02. The second kappa shape index (κ2) is 9.64. The highest BCUT2D eigenvalue weighted by Gasteiger charge is 2.21. The van der Waals surface area contributed by atoms with Crippen LogP contribution in [0.25, 0.3) is 10.9 Å². The Hall–Kier alpha value is -3.48. The number of unbranched alkanes of at least 4 members (excludes halogenated alkanes) is 3. The van der Waals surface area contributed by atoms with Gasteiger partial charge < -0.3 is 9.67 Å². The Morgan fingerprint density at radius 3 is 2.72 bits per heavy atom. The third kappa shape index (κ3) is 4.68. The van der Waals surface area contributed by atoms with E-state index in [4.69, 9.17) is 0 Å². The van der Waals surface area contributed by atoms with Gasteiger partial charge in [0.05, 0.1) is 17.4 Å². The third-order valence-electron chi connectivity index (χ3n) is 4.66. The summed E-state index contributed by atoms with van der Waals surface area (Å²) >= 11 is 0. The summed E-state index contributed by atoms with van der Waals surface area (Å²) in [4.78, 5) is 29.7. The van der Waals surface area contributed by atoms with E-state index in [1.54, 1.807) is 53.2 Å². The number of pyridine rings is 2. The lowest BCUT2D eigenvalue weighted by Crippen LogP contribution is -2.31. The number of hydrogen-bond acceptors (Lipinski definition) is 5. The predicted octanol–water partition coefficient (Wildman–Crippen LogP) is 3.45. The molecule has 0 bridgehead atoms. The number of carbonyl (C=O) groups excluding carboxylic acids is 1. The first kappa shape index (κ1) is 20.3. The second-order valence-electron chi connectivity index (χ2n) is 6.71. The largest absolute Gasteiger partial charge is 0.506 e. The molecule has 7 nitrogen and oxygen atoms in total. The molecular weight excluding hydrogens is 368 g/mol. The summed E-state index contributed by atoms with van der Waals surface area (Å²) in [6.07, 6.45) is 6.97. The number of aromatic hydroxyl groups is 1. The number of hydrazone groups is 1. The molecule has 3 aromatic rings. The van der Waals surface area contributed by atoms with Crippen LogP contribution in [0, 0.1) is 0 Å². The Morgan fingerprint density at radius 1 is 1.17 bits per heavy atom. The summed E-state index contributed by atoms with van der Waals surface area (Å²) in [5.74, 6) is -1.09. The summed E-state index contributed by atoms with van der Waals surface area (Å²) < 4.78 is 1.56. The number of benzene rings is 1. The number of rotatable bonds is 8. The van der Waals surface area contributed by atoms with Crippen LogP contribution in [-0.4, -0.2) is 26.8 Å². The van der Waals surface area contributed by atoms with E-state index in [0.29, 0.717) is 23.1 Å². The zero-order chi connectivity index (χ0) is 20.6. The standard InChI is InChI=1S/C22H24N4O3/c1-2-3-4-9-14-26-18-12-6-5-11-17(18)20(27)19(22(26)29)21(28)25-24-15-16-10-7-8-13-23-16/h5-8,10-13,15,27H,2-4,9,14H2,1H3,(H,25,28)/b24-15-. The van der Waals surface area contributed by atoms with E-state index in [1.165, 1.54) is 6.21 Å². The number of para-hydroxylation sites is 1. The lowest BCUT2D eigenvalue weighted by molar-refractivity contribution is 0.0950. The number of hydrogen-bond donors (Lipinski definition) is 2. The summed E-state index contributed by atoms with van der Waals surface area (Å²) in [5, 5.41) is 14.9. The van der Waals surface area contributed by atoms with Crippen molar-refractivity contribution in [1.82, 2.24) is 15.0 Å². The first-order valence-corrected chi connectivity index (χ1v) is 9.72. The Kier molecular flexibility index (Phi) is 6.73. The molecule has 0 unspecified atom stereocenters. The molecule has 0 aliphatic heterocycles. The molecule has 2 N–H and O–H groups in total. The van der Waals surface area contributed by atoms with E-state index >= 15 is 0 Å². The molecule has 0 radical (unpaired) electrons. The van der Waals surface area contributed by atoms with Gasteiger partial charge in [-0.25, -0.2) is 5.43 Å². The minimum Gasteiger partial charge on any atom is -0.506 e. The van der Waals surface area contributed by atoms with Crippen LogP contribution in [0.15, 0.2) is 58.6 Å². The topological polar surface area (TPSA) is 96.6 Å². The highest BCUT2D eigenvalue weighted by atomic mass is 16.3. The first-order valence-electron chi connectivity index (χ1n) is 9.72. The average molecular weight is 392 g/mol. The Morgan fingerprint density at radius 2 is 1.97 bits per heavy atom. The van der Waals surface area contributed by atoms with Crippen LogP contribution in [0.2, 0.25) is 0 Å². The van der Waals surface area contributed by atoms with Crippen molar-refractivity contribution in [3.8, 4) is 5.75 Å². The summed E-state index contributed by atoms with van der Waals surface area (Å²) in [6.45, 7) is 2.60. The van der Waals surface area contributed by atoms with Crippen LogP contribution in [0.1, 0.15) is 48.7 Å². The minimum absolute atomic E-state index is 0.308. The second-order valence-corrected chi connectivity index (χ2v) is 6.71. The molecule has 0 aliphatic rings. The molecule has 150 valence electrons. The van der Waals surface area contributed by atoms with Gasteiger partial charge in [0, 0.05) is 18.1 Å². The first-order chi connectivity index (χ1) is 14.1. The molecule has 7 heteroatoms. The maximum absolute atomic E-state index is 13.0. The fourth-order valence-electron chi connectivity index (χ4n) is 3.18. The van der Waals surface area contributed by atoms with Crippen LogP contribution in [0.5, 0.6) is 5.75 Å². The van der Waals surface area contributed by atoms with Crippen molar-refractivity contribution < 1.29 is 9.90 Å². The van der Waals surface area contributed by atoms with Crippen molar-refractivity contribution >= 4 is 23.0 Å². The lowest BCUT2D eigenvalue weighted by atomic mass is 10.1. The fraction of sp³-hybridized carbons (Fsp3) is 0.273. The molecule has 0 saturated carbocycles. The van der Waals surface area contributed by atoms with E-state index in [0.717, 1.165) is 25.7 Å². The highest BCUT2D eigenvalue weighted by Crippen LogP contribution is 2.26. The van der Waals surface area contributed by atoms with Crippen LogP contribution < -0.4 is 11.0 Å². The maximum Gasteiger partial charge on any atom is 0.280 e. The molecule has 0 saturated heterocycles.